The first-order valence-electron chi connectivity index (χ1n) is 9.69. The lowest BCUT2D eigenvalue weighted by Gasteiger charge is -2.40. The van der Waals surface area contributed by atoms with E-state index in [9.17, 15) is 4.79 Å². The molecule has 1 aromatic carbocycles. The number of fused-ring (bicyclic) bond motifs is 2. The van der Waals surface area contributed by atoms with Gasteiger partial charge in [0.2, 0.25) is 0 Å². The van der Waals surface area contributed by atoms with E-state index in [0.29, 0.717) is 11.6 Å². The van der Waals surface area contributed by atoms with Gasteiger partial charge in [0.1, 0.15) is 5.69 Å². The molecule has 1 aliphatic heterocycles. The number of rotatable bonds is 2. The second kappa shape index (κ2) is 6.38. The molecule has 136 valence electrons. The van der Waals surface area contributed by atoms with Crippen molar-refractivity contribution in [3.05, 3.63) is 89.5 Å². The lowest BCUT2D eigenvalue weighted by Crippen LogP contribution is -2.44. The van der Waals surface area contributed by atoms with Crippen molar-refractivity contribution in [2.45, 2.75) is 30.6 Å². The molecule has 2 aliphatic rings. The van der Waals surface area contributed by atoms with Crippen molar-refractivity contribution in [2.75, 3.05) is 13.1 Å². The summed E-state index contributed by atoms with van der Waals surface area (Å²) in [7, 11) is 0. The van der Waals surface area contributed by atoms with Crippen molar-refractivity contribution >= 4 is 5.91 Å². The van der Waals surface area contributed by atoms with Gasteiger partial charge in [0, 0.05) is 37.6 Å². The molecule has 1 unspecified atom stereocenters. The summed E-state index contributed by atoms with van der Waals surface area (Å²) in [5, 5.41) is 0. The maximum Gasteiger partial charge on any atom is 0.270 e. The zero-order valence-corrected chi connectivity index (χ0v) is 15.3. The predicted molar refractivity (Wildman–Crippen MR) is 105 cm³/mol. The first-order chi connectivity index (χ1) is 13.3. The zero-order valence-electron chi connectivity index (χ0n) is 15.3. The summed E-state index contributed by atoms with van der Waals surface area (Å²) < 4.78 is 0. The Hall–Kier alpha value is -2.88. The van der Waals surface area contributed by atoms with Gasteiger partial charge in [-0.05, 0) is 59.6 Å². The molecule has 3 aromatic rings. The lowest BCUT2D eigenvalue weighted by atomic mass is 9.73. The number of aromatic amines is 1. The smallest absolute Gasteiger partial charge is 0.270 e. The number of benzene rings is 1. The number of carbonyl (C=O) groups is 1. The molecule has 3 heterocycles. The van der Waals surface area contributed by atoms with Gasteiger partial charge in [0.15, 0.2) is 0 Å². The summed E-state index contributed by atoms with van der Waals surface area (Å²) >= 11 is 0. The van der Waals surface area contributed by atoms with E-state index < -0.39 is 0 Å². The number of aromatic nitrogens is 2. The Labute approximate surface area is 159 Å². The number of likely N-dealkylation sites (tertiary alicyclic amines) is 1. The van der Waals surface area contributed by atoms with Gasteiger partial charge < -0.3 is 9.88 Å². The fourth-order valence-electron chi connectivity index (χ4n) is 5.02. The third kappa shape index (κ3) is 2.67. The van der Waals surface area contributed by atoms with E-state index in [2.05, 4.69) is 40.3 Å². The molecule has 2 aromatic heterocycles. The molecule has 1 fully saturated rings. The van der Waals surface area contributed by atoms with Gasteiger partial charge in [0.25, 0.3) is 5.91 Å². The Morgan fingerprint density at radius 2 is 1.93 bits per heavy atom. The van der Waals surface area contributed by atoms with Crippen LogP contribution in [-0.4, -0.2) is 33.9 Å². The summed E-state index contributed by atoms with van der Waals surface area (Å²) in [5.74, 6) is 0.519. The van der Waals surface area contributed by atoms with E-state index in [-0.39, 0.29) is 11.3 Å². The summed E-state index contributed by atoms with van der Waals surface area (Å²) in [6, 6.07) is 16.8. The molecule has 1 spiro atoms. The number of amides is 1. The molecule has 1 saturated heterocycles. The summed E-state index contributed by atoms with van der Waals surface area (Å²) in [5.41, 5.74) is 5.07. The molecule has 1 N–H and O–H groups in total. The molecule has 1 amide bonds. The maximum atomic E-state index is 12.7. The second-order valence-corrected chi connectivity index (χ2v) is 7.79. The number of H-pyrrole nitrogens is 1. The molecule has 0 bridgehead atoms. The normalized spacial score (nSPS) is 20.6. The van der Waals surface area contributed by atoms with Gasteiger partial charge >= 0.3 is 0 Å². The largest absolute Gasteiger partial charge is 0.357 e. The third-order valence-corrected chi connectivity index (χ3v) is 6.43. The van der Waals surface area contributed by atoms with Crippen LogP contribution in [0.15, 0.2) is 67.1 Å². The molecular formula is C23H23N3O. The van der Waals surface area contributed by atoms with E-state index in [1.165, 1.54) is 16.7 Å². The standard InChI is InChI=1S/C23H23N3O/c27-22(21-8-4-12-25-21)26-13-9-23(10-14-26)15-19(17-5-3-11-24-16-17)18-6-1-2-7-20(18)23/h1-8,11-12,16,19,25H,9-10,13-15H2. The lowest BCUT2D eigenvalue weighted by molar-refractivity contribution is 0.0659. The Bertz CT molecular complexity index is 941. The van der Waals surface area contributed by atoms with Crippen molar-refractivity contribution in [1.29, 1.82) is 0 Å². The van der Waals surface area contributed by atoms with E-state index in [4.69, 9.17) is 0 Å². The van der Waals surface area contributed by atoms with Crippen LogP contribution >= 0.6 is 0 Å². The van der Waals surface area contributed by atoms with Crippen LogP contribution < -0.4 is 0 Å². The average molecular weight is 357 g/mol. The minimum absolute atomic E-state index is 0.116. The molecular weight excluding hydrogens is 334 g/mol. The van der Waals surface area contributed by atoms with E-state index in [0.717, 1.165) is 32.4 Å². The first-order valence-corrected chi connectivity index (χ1v) is 9.69. The molecule has 0 saturated carbocycles. The summed E-state index contributed by atoms with van der Waals surface area (Å²) in [6.45, 7) is 1.62. The maximum absolute atomic E-state index is 12.7. The molecule has 4 nitrogen and oxygen atoms in total. The highest BCUT2D eigenvalue weighted by atomic mass is 16.2. The Kier molecular flexibility index (Phi) is 3.85. The fourth-order valence-corrected chi connectivity index (χ4v) is 5.02. The number of pyridine rings is 1. The second-order valence-electron chi connectivity index (χ2n) is 7.79. The van der Waals surface area contributed by atoms with Crippen LogP contribution in [0.2, 0.25) is 0 Å². The highest BCUT2D eigenvalue weighted by Crippen LogP contribution is 2.53. The van der Waals surface area contributed by atoms with Crippen molar-refractivity contribution in [3.8, 4) is 0 Å². The SMILES string of the molecule is O=C(c1ccc[nH]1)N1CCC2(CC1)CC(c1cccnc1)c1ccccc12. The topological polar surface area (TPSA) is 49.0 Å². The Balaban J connectivity index is 1.42. The highest BCUT2D eigenvalue weighted by Gasteiger charge is 2.46. The van der Waals surface area contributed by atoms with Crippen LogP contribution in [0.1, 0.15) is 52.4 Å². The molecule has 1 aliphatic carbocycles. The highest BCUT2D eigenvalue weighted by molar-refractivity contribution is 5.92. The van der Waals surface area contributed by atoms with Gasteiger partial charge in [-0.15, -0.1) is 0 Å². The quantitative estimate of drug-likeness (QED) is 0.750. The van der Waals surface area contributed by atoms with Gasteiger partial charge in [-0.1, -0.05) is 30.3 Å². The van der Waals surface area contributed by atoms with Crippen LogP contribution in [0.4, 0.5) is 0 Å². The first kappa shape index (κ1) is 16.3. The van der Waals surface area contributed by atoms with Gasteiger partial charge in [-0.25, -0.2) is 0 Å². The number of nitrogens with zero attached hydrogens (tertiary/aromatic N) is 2. The number of hydrogen-bond acceptors (Lipinski definition) is 2. The molecule has 27 heavy (non-hydrogen) atoms. The predicted octanol–water partition coefficient (Wildman–Crippen LogP) is 4.12. The Morgan fingerprint density at radius 1 is 1.07 bits per heavy atom. The monoisotopic (exact) mass is 357 g/mol. The van der Waals surface area contributed by atoms with Crippen LogP contribution in [0.5, 0.6) is 0 Å². The van der Waals surface area contributed by atoms with Crippen molar-refractivity contribution in [2.24, 2.45) is 0 Å². The van der Waals surface area contributed by atoms with E-state index in [1.54, 1.807) is 0 Å². The van der Waals surface area contributed by atoms with Gasteiger partial charge in [-0.2, -0.15) is 0 Å². The van der Waals surface area contributed by atoms with Crippen molar-refractivity contribution in [1.82, 2.24) is 14.9 Å². The molecule has 4 heteroatoms. The number of nitrogens with one attached hydrogen (secondary N) is 1. The number of carbonyl (C=O) groups excluding carboxylic acids is 1. The van der Waals surface area contributed by atoms with Crippen LogP contribution in [0.25, 0.3) is 0 Å². The molecule has 5 rings (SSSR count). The number of piperidine rings is 1. The Morgan fingerprint density at radius 3 is 2.67 bits per heavy atom. The minimum atomic E-state index is 0.116. The van der Waals surface area contributed by atoms with E-state index in [1.807, 2.05) is 41.7 Å². The summed E-state index contributed by atoms with van der Waals surface area (Å²) in [4.78, 5) is 22.1. The molecule has 0 radical (unpaired) electrons. The van der Waals surface area contributed by atoms with Gasteiger partial charge in [-0.3, -0.25) is 9.78 Å². The van der Waals surface area contributed by atoms with Crippen LogP contribution in [-0.2, 0) is 5.41 Å². The van der Waals surface area contributed by atoms with Gasteiger partial charge in [0.05, 0.1) is 0 Å². The zero-order chi connectivity index (χ0) is 18.3. The summed E-state index contributed by atoms with van der Waals surface area (Å²) in [6.07, 6.45) is 8.81. The minimum Gasteiger partial charge on any atom is -0.357 e. The molecule has 1 atom stereocenters. The van der Waals surface area contributed by atoms with Crippen molar-refractivity contribution < 1.29 is 4.79 Å². The van der Waals surface area contributed by atoms with E-state index >= 15 is 0 Å². The number of hydrogen-bond donors (Lipinski definition) is 1. The van der Waals surface area contributed by atoms with Crippen LogP contribution in [0, 0.1) is 0 Å². The van der Waals surface area contributed by atoms with Crippen molar-refractivity contribution in [3.63, 3.8) is 0 Å². The van der Waals surface area contributed by atoms with Crippen LogP contribution in [0.3, 0.4) is 0 Å². The average Bonchev–Trinajstić information content (AvgIpc) is 3.37. The third-order valence-electron chi connectivity index (χ3n) is 6.43. The fraction of sp³-hybridized carbons (Fsp3) is 0.304.